The highest BCUT2D eigenvalue weighted by Gasteiger charge is 2.61. The minimum absolute atomic E-state index is 0.0934. The van der Waals surface area contributed by atoms with E-state index in [1.54, 1.807) is 0 Å². The Hall–Kier alpha value is -0.980. The van der Waals surface area contributed by atoms with Crippen molar-refractivity contribution < 1.29 is 17.9 Å². The molecule has 0 amide bonds. The van der Waals surface area contributed by atoms with Gasteiger partial charge >= 0.3 is 0 Å². The van der Waals surface area contributed by atoms with Crippen molar-refractivity contribution in [2.24, 2.45) is 5.41 Å². The number of nitrogens with one attached hydrogen (secondary N) is 1. The van der Waals surface area contributed by atoms with Crippen molar-refractivity contribution in [3.05, 3.63) is 30.1 Å². The number of aliphatic hydroxyl groups is 1. The van der Waals surface area contributed by atoms with Crippen molar-refractivity contribution in [2.75, 3.05) is 6.61 Å². The molecule has 19 heavy (non-hydrogen) atoms. The van der Waals surface area contributed by atoms with E-state index in [1.807, 2.05) is 0 Å². The van der Waals surface area contributed by atoms with E-state index in [0.717, 1.165) is 12.5 Å². The molecule has 3 aliphatic rings. The first kappa shape index (κ1) is 13.0. The molecular formula is C13H16FNO3S. The monoisotopic (exact) mass is 285 g/mol. The van der Waals surface area contributed by atoms with Gasteiger partial charge in [0.2, 0.25) is 10.0 Å². The summed E-state index contributed by atoms with van der Waals surface area (Å²) in [6.45, 7) is 0.0934. The number of aliphatic hydroxyl groups excluding tert-OH is 1. The lowest BCUT2D eigenvalue weighted by atomic mass is 9.66. The molecule has 0 radical (unpaired) electrons. The molecule has 2 N–H and O–H groups in total. The molecule has 2 bridgehead atoms. The van der Waals surface area contributed by atoms with Gasteiger partial charge in [0.15, 0.2) is 0 Å². The number of hydrogen-bond donors (Lipinski definition) is 2. The molecule has 3 aliphatic carbocycles. The van der Waals surface area contributed by atoms with Crippen LogP contribution in [0.3, 0.4) is 0 Å². The minimum atomic E-state index is -3.84. The normalized spacial score (nSPS) is 33.2. The van der Waals surface area contributed by atoms with Crippen LogP contribution in [0.1, 0.15) is 25.7 Å². The van der Waals surface area contributed by atoms with E-state index in [1.165, 1.54) is 18.2 Å². The smallest absolute Gasteiger partial charge is 0.243 e. The van der Waals surface area contributed by atoms with E-state index in [2.05, 4.69) is 4.72 Å². The van der Waals surface area contributed by atoms with Crippen LogP contribution in [0.5, 0.6) is 0 Å². The summed E-state index contributed by atoms with van der Waals surface area (Å²) < 4.78 is 40.6. The molecule has 0 aromatic heterocycles. The first-order valence-electron chi connectivity index (χ1n) is 6.30. The van der Waals surface area contributed by atoms with Crippen molar-refractivity contribution >= 4 is 10.0 Å². The maximum absolute atomic E-state index is 13.6. The molecule has 1 aromatic carbocycles. The van der Waals surface area contributed by atoms with Gasteiger partial charge in [-0.1, -0.05) is 12.1 Å². The first-order chi connectivity index (χ1) is 8.90. The molecule has 4 rings (SSSR count). The van der Waals surface area contributed by atoms with Crippen LogP contribution in [0.4, 0.5) is 4.39 Å². The van der Waals surface area contributed by atoms with E-state index in [4.69, 9.17) is 0 Å². The first-order valence-corrected chi connectivity index (χ1v) is 7.78. The summed E-state index contributed by atoms with van der Waals surface area (Å²) in [7, 11) is -3.84. The second-order valence-corrected chi connectivity index (χ2v) is 7.48. The number of sulfonamides is 1. The molecule has 4 nitrogen and oxygen atoms in total. The largest absolute Gasteiger partial charge is 0.396 e. The maximum atomic E-state index is 13.6. The Labute approximate surface area is 111 Å². The van der Waals surface area contributed by atoms with Crippen molar-refractivity contribution in [2.45, 2.75) is 36.1 Å². The Morgan fingerprint density at radius 1 is 1.26 bits per heavy atom. The molecule has 0 heterocycles. The summed E-state index contributed by atoms with van der Waals surface area (Å²) in [5.41, 5.74) is -0.596. The van der Waals surface area contributed by atoms with Crippen LogP contribution in [0.25, 0.3) is 0 Å². The van der Waals surface area contributed by atoms with Crippen molar-refractivity contribution in [3.63, 3.8) is 0 Å². The third-order valence-electron chi connectivity index (χ3n) is 4.37. The second-order valence-electron chi connectivity index (χ2n) is 5.83. The predicted octanol–water partition coefficient (Wildman–Crippen LogP) is 1.41. The van der Waals surface area contributed by atoms with E-state index >= 15 is 0 Å². The van der Waals surface area contributed by atoms with Gasteiger partial charge in [0, 0.05) is 12.1 Å². The van der Waals surface area contributed by atoms with Gasteiger partial charge in [-0.15, -0.1) is 0 Å². The molecule has 3 saturated carbocycles. The van der Waals surface area contributed by atoms with Crippen molar-refractivity contribution in [3.8, 4) is 0 Å². The highest BCUT2D eigenvalue weighted by atomic mass is 32.2. The average Bonchev–Trinajstić information content (AvgIpc) is 2.84. The van der Waals surface area contributed by atoms with Gasteiger partial charge in [-0.05, 0) is 43.2 Å². The molecule has 0 atom stereocenters. The SMILES string of the molecule is O=S(=O)(NC12CCC(CO)(C1)C2)c1ccccc1F. The number of fused-ring (bicyclic) bond motifs is 1. The molecule has 0 unspecified atom stereocenters. The summed E-state index contributed by atoms with van der Waals surface area (Å²) >= 11 is 0. The lowest BCUT2D eigenvalue weighted by molar-refractivity contribution is 0.0336. The number of hydrogen-bond acceptors (Lipinski definition) is 3. The van der Waals surface area contributed by atoms with E-state index < -0.39 is 21.4 Å². The summed E-state index contributed by atoms with van der Waals surface area (Å²) in [4.78, 5) is -0.308. The van der Waals surface area contributed by atoms with Gasteiger partial charge in [0.25, 0.3) is 0 Å². The van der Waals surface area contributed by atoms with Crippen LogP contribution in [-0.2, 0) is 10.0 Å². The number of rotatable bonds is 4. The van der Waals surface area contributed by atoms with Gasteiger partial charge in [0.1, 0.15) is 10.7 Å². The van der Waals surface area contributed by atoms with Gasteiger partial charge in [-0.3, -0.25) is 0 Å². The third kappa shape index (κ3) is 1.98. The Morgan fingerprint density at radius 2 is 1.95 bits per heavy atom. The summed E-state index contributed by atoms with van der Waals surface area (Å²) in [6.07, 6.45) is 2.82. The Morgan fingerprint density at radius 3 is 2.53 bits per heavy atom. The zero-order valence-electron chi connectivity index (χ0n) is 10.4. The Bertz CT molecular complexity index is 608. The standard InChI is InChI=1S/C13H16FNO3S/c14-10-3-1-2-4-11(10)19(17,18)15-13-6-5-12(7-13,8-13)9-16/h1-4,15-16H,5-9H2. The van der Waals surface area contributed by atoms with Gasteiger partial charge in [-0.25, -0.2) is 17.5 Å². The minimum Gasteiger partial charge on any atom is -0.396 e. The quantitative estimate of drug-likeness (QED) is 0.879. The van der Waals surface area contributed by atoms with Crippen LogP contribution in [0, 0.1) is 11.2 Å². The van der Waals surface area contributed by atoms with E-state index in [0.29, 0.717) is 19.3 Å². The predicted molar refractivity (Wildman–Crippen MR) is 67.4 cm³/mol. The molecule has 0 saturated heterocycles. The summed E-state index contributed by atoms with van der Waals surface area (Å²) in [6, 6.07) is 5.37. The van der Waals surface area contributed by atoms with Crippen LogP contribution >= 0.6 is 0 Å². The molecule has 1 aromatic rings. The zero-order valence-corrected chi connectivity index (χ0v) is 11.2. The van der Waals surface area contributed by atoms with Crippen LogP contribution < -0.4 is 4.72 Å². The van der Waals surface area contributed by atoms with Crippen LogP contribution in [0.2, 0.25) is 0 Å². The summed E-state index contributed by atoms with van der Waals surface area (Å²) in [5, 5.41) is 9.30. The third-order valence-corrected chi connectivity index (χ3v) is 5.98. The molecule has 104 valence electrons. The van der Waals surface area contributed by atoms with Crippen molar-refractivity contribution in [1.29, 1.82) is 0 Å². The molecule has 0 aliphatic heterocycles. The highest BCUT2D eigenvalue weighted by molar-refractivity contribution is 7.89. The zero-order chi connectivity index (χ0) is 13.7. The molecular weight excluding hydrogens is 269 g/mol. The fraction of sp³-hybridized carbons (Fsp3) is 0.538. The lowest BCUT2D eigenvalue weighted by Crippen LogP contribution is -2.56. The average molecular weight is 285 g/mol. The number of halogens is 1. The Balaban J connectivity index is 1.83. The second kappa shape index (κ2) is 4.01. The van der Waals surface area contributed by atoms with Gasteiger partial charge < -0.3 is 5.11 Å². The fourth-order valence-electron chi connectivity index (χ4n) is 3.56. The van der Waals surface area contributed by atoms with E-state index in [-0.39, 0.29) is 16.9 Å². The lowest BCUT2D eigenvalue weighted by Gasteiger charge is -2.46. The van der Waals surface area contributed by atoms with Crippen LogP contribution in [0.15, 0.2) is 29.2 Å². The molecule has 0 spiro atoms. The van der Waals surface area contributed by atoms with E-state index in [9.17, 15) is 17.9 Å². The Kier molecular flexibility index (Phi) is 2.75. The topological polar surface area (TPSA) is 66.4 Å². The molecule has 6 heteroatoms. The van der Waals surface area contributed by atoms with Gasteiger partial charge in [0.05, 0.1) is 0 Å². The fourth-order valence-corrected chi connectivity index (χ4v) is 5.07. The number of benzene rings is 1. The highest BCUT2D eigenvalue weighted by Crippen LogP contribution is 2.61. The van der Waals surface area contributed by atoms with Gasteiger partial charge in [-0.2, -0.15) is 0 Å². The van der Waals surface area contributed by atoms with Crippen molar-refractivity contribution in [1.82, 2.24) is 4.72 Å². The van der Waals surface area contributed by atoms with Crippen LogP contribution in [-0.4, -0.2) is 25.7 Å². The molecule has 3 fully saturated rings. The maximum Gasteiger partial charge on any atom is 0.243 e. The summed E-state index contributed by atoms with van der Waals surface area (Å²) in [5.74, 6) is -0.739.